The van der Waals surface area contributed by atoms with Gasteiger partial charge in [-0.05, 0) is 31.0 Å². The highest BCUT2D eigenvalue weighted by atomic mass is 16.4. The Kier molecular flexibility index (Phi) is 3.72. The van der Waals surface area contributed by atoms with Crippen molar-refractivity contribution >= 4 is 28.6 Å². The number of carbonyl (C=O) groups is 2. The topological polar surface area (TPSA) is 75.4 Å². The van der Waals surface area contributed by atoms with Gasteiger partial charge >= 0.3 is 5.97 Å². The van der Waals surface area contributed by atoms with Gasteiger partial charge in [0.05, 0.1) is 16.6 Å². The molecule has 4 rings (SSSR count). The van der Waals surface area contributed by atoms with Gasteiger partial charge in [0.25, 0.3) is 5.91 Å². The normalized spacial score (nSPS) is 14.2. The minimum absolute atomic E-state index is 0.116. The monoisotopic (exact) mass is 335 g/mol. The minimum Gasteiger partial charge on any atom is -0.478 e. The third kappa shape index (κ3) is 2.65. The van der Waals surface area contributed by atoms with Crippen LogP contribution in [0.15, 0.2) is 48.8 Å². The van der Waals surface area contributed by atoms with Crippen LogP contribution in [0.3, 0.4) is 0 Å². The zero-order chi connectivity index (χ0) is 17.4. The van der Waals surface area contributed by atoms with E-state index in [1.807, 2.05) is 6.07 Å². The Bertz CT molecular complexity index is 954. The molecule has 1 saturated heterocycles. The van der Waals surface area contributed by atoms with Crippen LogP contribution in [0.4, 0.5) is 5.82 Å². The van der Waals surface area contributed by atoms with E-state index in [0.29, 0.717) is 16.5 Å². The highest BCUT2D eigenvalue weighted by Crippen LogP contribution is 2.23. The molecule has 0 unspecified atom stereocenters. The van der Waals surface area contributed by atoms with E-state index in [9.17, 15) is 14.7 Å². The number of hydrogen-bond donors (Lipinski definition) is 1. The van der Waals surface area contributed by atoms with Gasteiger partial charge in [0.15, 0.2) is 0 Å². The zero-order valence-electron chi connectivity index (χ0n) is 13.6. The van der Waals surface area contributed by atoms with Gasteiger partial charge in [-0.15, -0.1) is 0 Å². The molecule has 0 bridgehead atoms. The van der Waals surface area contributed by atoms with Crippen molar-refractivity contribution in [2.45, 2.75) is 12.8 Å². The van der Waals surface area contributed by atoms with Crippen molar-refractivity contribution in [3.63, 3.8) is 0 Å². The van der Waals surface area contributed by atoms with Gasteiger partial charge in [0.2, 0.25) is 0 Å². The Morgan fingerprint density at radius 3 is 2.48 bits per heavy atom. The summed E-state index contributed by atoms with van der Waals surface area (Å²) < 4.78 is 1.38. The molecule has 1 aliphatic rings. The van der Waals surface area contributed by atoms with Crippen molar-refractivity contribution in [3.05, 3.63) is 59.9 Å². The molecule has 3 aromatic rings. The zero-order valence-corrected chi connectivity index (χ0v) is 13.6. The van der Waals surface area contributed by atoms with Crippen molar-refractivity contribution < 1.29 is 14.7 Å². The molecule has 0 aliphatic carbocycles. The molecule has 1 N–H and O–H groups in total. The Hall–Kier alpha value is -3.15. The number of nitrogens with zero attached hydrogens (tertiary/aromatic N) is 3. The van der Waals surface area contributed by atoms with Crippen molar-refractivity contribution in [1.29, 1.82) is 0 Å². The van der Waals surface area contributed by atoms with E-state index in [0.717, 1.165) is 31.7 Å². The summed E-state index contributed by atoms with van der Waals surface area (Å²) in [6.07, 6.45) is 5.26. The molecule has 0 atom stereocenters. The van der Waals surface area contributed by atoms with E-state index in [4.69, 9.17) is 0 Å². The van der Waals surface area contributed by atoms with Crippen LogP contribution >= 0.6 is 0 Å². The SMILES string of the molecule is O=C(O)c1cn(C(=O)c2ccc(N3CCCC3)nc2)c2ccccc12. The van der Waals surface area contributed by atoms with Crippen LogP contribution in [-0.4, -0.2) is 39.6 Å². The molecule has 0 radical (unpaired) electrons. The summed E-state index contributed by atoms with van der Waals surface area (Å²) in [6, 6.07) is 10.6. The van der Waals surface area contributed by atoms with Crippen molar-refractivity contribution in [3.8, 4) is 0 Å². The quantitative estimate of drug-likeness (QED) is 0.796. The fourth-order valence-electron chi connectivity index (χ4n) is 3.30. The van der Waals surface area contributed by atoms with Crippen LogP contribution in [0.1, 0.15) is 33.6 Å². The number of aromatic carboxylic acids is 1. The van der Waals surface area contributed by atoms with Gasteiger partial charge in [-0.1, -0.05) is 18.2 Å². The molecule has 126 valence electrons. The van der Waals surface area contributed by atoms with E-state index < -0.39 is 5.97 Å². The number of benzene rings is 1. The standard InChI is InChI=1S/C19H17N3O3/c23-18(13-7-8-17(20-11-13)21-9-3-4-10-21)22-12-15(19(24)25)14-5-1-2-6-16(14)22/h1-2,5-8,11-12H,3-4,9-10H2,(H,24,25). The first kappa shape index (κ1) is 15.4. The Balaban J connectivity index is 1.71. The molecule has 0 spiro atoms. The maximum atomic E-state index is 12.8. The minimum atomic E-state index is -1.05. The van der Waals surface area contributed by atoms with E-state index >= 15 is 0 Å². The lowest BCUT2D eigenvalue weighted by Crippen LogP contribution is -2.19. The maximum absolute atomic E-state index is 12.8. The molecule has 0 amide bonds. The number of carboxylic acid groups (broad SMARTS) is 1. The molecule has 1 aromatic carbocycles. The summed E-state index contributed by atoms with van der Waals surface area (Å²) in [5.74, 6) is -0.466. The molecule has 0 saturated carbocycles. The predicted octanol–water partition coefficient (Wildman–Crippen LogP) is 3.02. The maximum Gasteiger partial charge on any atom is 0.337 e. The molecular weight excluding hydrogens is 318 g/mol. The second-order valence-corrected chi connectivity index (χ2v) is 6.14. The number of carboxylic acids is 1. The van der Waals surface area contributed by atoms with Crippen LogP contribution < -0.4 is 4.90 Å². The molecule has 1 fully saturated rings. The van der Waals surface area contributed by atoms with Crippen molar-refractivity contribution in [2.24, 2.45) is 0 Å². The summed E-state index contributed by atoms with van der Waals surface area (Å²) in [5.41, 5.74) is 1.12. The number of hydrogen-bond acceptors (Lipinski definition) is 4. The van der Waals surface area contributed by atoms with Crippen molar-refractivity contribution in [2.75, 3.05) is 18.0 Å². The van der Waals surface area contributed by atoms with Gasteiger partial charge in [0, 0.05) is 30.9 Å². The second kappa shape index (κ2) is 6.05. The van der Waals surface area contributed by atoms with Crippen molar-refractivity contribution in [1.82, 2.24) is 9.55 Å². The highest BCUT2D eigenvalue weighted by molar-refractivity contribution is 6.09. The lowest BCUT2D eigenvalue weighted by atomic mass is 10.2. The lowest BCUT2D eigenvalue weighted by Gasteiger charge is -2.16. The van der Waals surface area contributed by atoms with Gasteiger partial charge < -0.3 is 10.0 Å². The highest BCUT2D eigenvalue weighted by Gasteiger charge is 2.19. The molecule has 6 heteroatoms. The summed E-state index contributed by atoms with van der Waals surface area (Å²) in [5, 5.41) is 9.91. The molecule has 2 aromatic heterocycles. The van der Waals surface area contributed by atoms with Crippen LogP contribution in [0, 0.1) is 0 Å². The van der Waals surface area contributed by atoms with Gasteiger partial charge in [-0.2, -0.15) is 0 Å². The Morgan fingerprint density at radius 2 is 1.80 bits per heavy atom. The molecule has 25 heavy (non-hydrogen) atoms. The second-order valence-electron chi connectivity index (χ2n) is 6.14. The average molecular weight is 335 g/mol. The summed E-state index contributed by atoms with van der Waals surface area (Å²) in [6.45, 7) is 1.98. The lowest BCUT2D eigenvalue weighted by molar-refractivity contribution is 0.0699. The smallest absolute Gasteiger partial charge is 0.337 e. The van der Waals surface area contributed by atoms with Crippen LogP contribution in [0.25, 0.3) is 10.9 Å². The van der Waals surface area contributed by atoms with Gasteiger partial charge in [0.1, 0.15) is 5.82 Å². The first-order chi connectivity index (χ1) is 12.1. The van der Waals surface area contributed by atoms with E-state index in [2.05, 4.69) is 9.88 Å². The fourth-order valence-corrected chi connectivity index (χ4v) is 3.30. The number of rotatable bonds is 3. The van der Waals surface area contributed by atoms with Gasteiger partial charge in [-0.3, -0.25) is 9.36 Å². The van der Waals surface area contributed by atoms with Gasteiger partial charge in [-0.25, -0.2) is 9.78 Å². The molecule has 1 aliphatic heterocycles. The Morgan fingerprint density at radius 1 is 1.04 bits per heavy atom. The first-order valence-electron chi connectivity index (χ1n) is 8.24. The number of aromatic nitrogens is 2. The van der Waals surface area contributed by atoms with Crippen LogP contribution in [0.5, 0.6) is 0 Å². The first-order valence-corrected chi connectivity index (χ1v) is 8.24. The summed E-state index contributed by atoms with van der Waals surface area (Å²) in [4.78, 5) is 30.9. The third-order valence-corrected chi connectivity index (χ3v) is 4.59. The van der Waals surface area contributed by atoms with E-state index in [1.165, 1.54) is 10.8 Å². The number of fused-ring (bicyclic) bond motifs is 1. The van der Waals surface area contributed by atoms with Crippen LogP contribution in [0.2, 0.25) is 0 Å². The number of para-hydroxylation sites is 1. The summed E-state index contributed by atoms with van der Waals surface area (Å²) >= 11 is 0. The fraction of sp³-hybridized carbons (Fsp3) is 0.211. The summed E-state index contributed by atoms with van der Waals surface area (Å²) in [7, 11) is 0. The molecule has 3 heterocycles. The van der Waals surface area contributed by atoms with E-state index in [-0.39, 0.29) is 11.5 Å². The predicted molar refractivity (Wildman–Crippen MR) is 94.3 cm³/mol. The van der Waals surface area contributed by atoms with Crippen LogP contribution in [-0.2, 0) is 0 Å². The average Bonchev–Trinajstić information content (AvgIpc) is 3.29. The largest absolute Gasteiger partial charge is 0.478 e. The van der Waals surface area contributed by atoms with E-state index in [1.54, 1.807) is 36.5 Å². The third-order valence-electron chi connectivity index (χ3n) is 4.59. The molecular formula is C19H17N3O3. The molecule has 6 nitrogen and oxygen atoms in total. The Labute approximate surface area is 144 Å². The number of anilines is 1. The number of carbonyl (C=O) groups excluding carboxylic acids is 1. The number of pyridine rings is 1.